The number of rotatable bonds is 4. The molecule has 1 N–H and O–H groups in total. The molecule has 1 heterocycles. The maximum absolute atomic E-state index is 13.4. The van der Waals surface area contributed by atoms with E-state index in [-0.39, 0.29) is 5.82 Å². The Kier molecular flexibility index (Phi) is 4.20. The Morgan fingerprint density at radius 2 is 1.95 bits per heavy atom. The van der Waals surface area contributed by atoms with Crippen LogP contribution in [0.4, 0.5) is 4.39 Å². The molecule has 0 atom stereocenters. The summed E-state index contributed by atoms with van der Waals surface area (Å²) in [6.07, 6.45) is 5.23. The summed E-state index contributed by atoms with van der Waals surface area (Å²) in [5, 5.41) is 3.56. The van der Waals surface area contributed by atoms with Crippen LogP contribution < -0.4 is 5.32 Å². The summed E-state index contributed by atoms with van der Waals surface area (Å²) in [5.74, 6) is -0.178. The Hall–Kier alpha value is -0.450. The lowest BCUT2D eigenvalue weighted by molar-refractivity contribution is 0.189. The van der Waals surface area contributed by atoms with E-state index in [1.54, 1.807) is 12.1 Å². The second-order valence-electron chi connectivity index (χ2n) is 5.67. The van der Waals surface area contributed by atoms with Crippen molar-refractivity contribution in [1.82, 2.24) is 10.2 Å². The number of nitrogens with zero attached hydrogens (tertiary/aromatic N) is 1. The molecule has 0 amide bonds. The van der Waals surface area contributed by atoms with Crippen molar-refractivity contribution >= 4 is 15.9 Å². The van der Waals surface area contributed by atoms with E-state index in [0.29, 0.717) is 10.5 Å². The lowest BCUT2D eigenvalue weighted by Gasteiger charge is -2.32. The van der Waals surface area contributed by atoms with E-state index < -0.39 is 0 Å². The van der Waals surface area contributed by atoms with Gasteiger partial charge in [-0.2, -0.15) is 0 Å². The molecular formula is C15H20BrFN2. The zero-order chi connectivity index (χ0) is 13.2. The van der Waals surface area contributed by atoms with Gasteiger partial charge in [0.2, 0.25) is 0 Å². The SMILES string of the molecule is Fc1cc(CNC2CCN(C3CC3)CC2)ccc1Br. The van der Waals surface area contributed by atoms with Crippen LogP contribution in [0.1, 0.15) is 31.2 Å². The van der Waals surface area contributed by atoms with Gasteiger partial charge in [0, 0.05) is 18.6 Å². The number of piperidine rings is 1. The fraction of sp³-hybridized carbons (Fsp3) is 0.600. The highest BCUT2D eigenvalue weighted by atomic mass is 79.9. The fourth-order valence-corrected chi connectivity index (χ4v) is 3.07. The third-order valence-corrected chi connectivity index (χ3v) is 4.81. The van der Waals surface area contributed by atoms with Gasteiger partial charge in [0.15, 0.2) is 0 Å². The number of hydrogen-bond donors (Lipinski definition) is 1. The predicted molar refractivity (Wildman–Crippen MR) is 78.6 cm³/mol. The molecule has 1 saturated carbocycles. The van der Waals surface area contributed by atoms with E-state index in [4.69, 9.17) is 0 Å². The second kappa shape index (κ2) is 5.90. The van der Waals surface area contributed by atoms with E-state index in [9.17, 15) is 4.39 Å². The van der Waals surface area contributed by atoms with Crippen LogP contribution in [0.3, 0.4) is 0 Å². The molecule has 2 aliphatic rings. The first-order valence-electron chi connectivity index (χ1n) is 7.14. The predicted octanol–water partition coefficient (Wildman–Crippen LogP) is 3.30. The number of likely N-dealkylation sites (tertiary alicyclic amines) is 1. The molecule has 3 rings (SSSR count). The highest BCUT2D eigenvalue weighted by molar-refractivity contribution is 9.10. The van der Waals surface area contributed by atoms with E-state index in [1.165, 1.54) is 38.8 Å². The maximum atomic E-state index is 13.4. The molecule has 0 spiro atoms. The highest BCUT2D eigenvalue weighted by Crippen LogP contribution is 2.29. The van der Waals surface area contributed by atoms with Crippen LogP contribution in [0.5, 0.6) is 0 Å². The number of benzene rings is 1. The summed E-state index contributed by atoms with van der Waals surface area (Å²) in [7, 11) is 0. The van der Waals surface area contributed by atoms with Crippen molar-refractivity contribution in [2.45, 2.75) is 44.3 Å². The van der Waals surface area contributed by atoms with Crippen LogP contribution in [-0.2, 0) is 6.54 Å². The number of nitrogens with one attached hydrogen (secondary N) is 1. The summed E-state index contributed by atoms with van der Waals surface area (Å²) in [5.41, 5.74) is 1.02. The van der Waals surface area contributed by atoms with Crippen LogP contribution in [0.2, 0.25) is 0 Å². The van der Waals surface area contributed by atoms with Gasteiger partial charge in [-0.15, -0.1) is 0 Å². The lowest BCUT2D eigenvalue weighted by Crippen LogP contribution is -2.43. The Morgan fingerprint density at radius 3 is 2.58 bits per heavy atom. The van der Waals surface area contributed by atoms with Crippen LogP contribution in [0.25, 0.3) is 0 Å². The molecule has 0 radical (unpaired) electrons. The summed E-state index contributed by atoms with van der Waals surface area (Å²) in [6, 6.07) is 6.83. The normalized spacial score (nSPS) is 21.8. The molecule has 2 fully saturated rings. The Morgan fingerprint density at radius 1 is 1.21 bits per heavy atom. The van der Waals surface area contributed by atoms with E-state index in [1.807, 2.05) is 6.07 Å². The van der Waals surface area contributed by atoms with Gasteiger partial charge in [-0.05, 0) is 72.4 Å². The fourth-order valence-electron chi connectivity index (χ4n) is 2.82. The Bertz CT molecular complexity index is 440. The summed E-state index contributed by atoms with van der Waals surface area (Å²) in [6.45, 7) is 3.20. The molecule has 0 unspecified atom stereocenters. The minimum absolute atomic E-state index is 0.178. The van der Waals surface area contributed by atoms with E-state index >= 15 is 0 Å². The topological polar surface area (TPSA) is 15.3 Å². The Balaban J connectivity index is 1.45. The molecule has 104 valence electrons. The molecule has 2 nitrogen and oxygen atoms in total. The maximum Gasteiger partial charge on any atom is 0.137 e. The van der Waals surface area contributed by atoms with Crippen LogP contribution in [0.15, 0.2) is 22.7 Å². The van der Waals surface area contributed by atoms with Crippen molar-refractivity contribution in [3.05, 3.63) is 34.1 Å². The summed E-state index contributed by atoms with van der Waals surface area (Å²) in [4.78, 5) is 2.62. The molecule has 1 aromatic rings. The van der Waals surface area contributed by atoms with Gasteiger partial charge >= 0.3 is 0 Å². The highest BCUT2D eigenvalue weighted by Gasteiger charge is 2.31. The number of hydrogen-bond acceptors (Lipinski definition) is 2. The molecule has 0 bridgehead atoms. The first-order valence-corrected chi connectivity index (χ1v) is 7.93. The molecule has 19 heavy (non-hydrogen) atoms. The van der Waals surface area contributed by atoms with Crippen molar-refractivity contribution in [3.63, 3.8) is 0 Å². The summed E-state index contributed by atoms with van der Waals surface area (Å²) < 4.78 is 13.9. The standard InChI is InChI=1S/C15H20BrFN2/c16-14-4-1-11(9-15(14)17)10-18-12-5-7-19(8-6-12)13-2-3-13/h1,4,9,12-13,18H,2-3,5-8,10H2. The average molecular weight is 327 g/mol. The molecule has 1 aliphatic carbocycles. The van der Waals surface area contributed by atoms with Crippen molar-refractivity contribution in [3.8, 4) is 0 Å². The van der Waals surface area contributed by atoms with Gasteiger partial charge in [-0.25, -0.2) is 4.39 Å². The zero-order valence-electron chi connectivity index (χ0n) is 11.0. The third-order valence-electron chi connectivity index (χ3n) is 4.17. The van der Waals surface area contributed by atoms with Gasteiger partial charge in [0.1, 0.15) is 5.82 Å². The van der Waals surface area contributed by atoms with Gasteiger partial charge < -0.3 is 10.2 Å². The van der Waals surface area contributed by atoms with Crippen LogP contribution >= 0.6 is 15.9 Å². The van der Waals surface area contributed by atoms with Crippen molar-refractivity contribution < 1.29 is 4.39 Å². The molecule has 4 heteroatoms. The quantitative estimate of drug-likeness (QED) is 0.913. The molecule has 1 aromatic carbocycles. The Labute approximate surface area is 122 Å². The van der Waals surface area contributed by atoms with E-state index in [2.05, 4.69) is 26.1 Å². The third kappa shape index (κ3) is 3.56. The van der Waals surface area contributed by atoms with Crippen molar-refractivity contribution in [2.24, 2.45) is 0 Å². The van der Waals surface area contributed by atoms with Gasteiger partial charge in [0.25, 0.3) is 0 Å². The van der Waals surface area contributed by atoms with Gasteiger partial charge in [-0.3, -0.25) is 0 Å². The molecule has 1 saturated heterocycles. The first kappa shape index (κ1) is 13.5. The smallest absolute Gasteiger partial charge is 0.137 e. The van der Waals surface area contributed by atoms with Gasteiger partial charge in [-0.1, -0.05) is 6.07 Å². The second-order valence-corrected chi connectivity index (χ2v) is 6.53. The van der Waals surface area contributed by atoms with Gasteiger partial charge in [0.05, 0.1) is 4.47 Å². The lowest BCUT2D eigenvalue weighted by atomic mass is 10.0. The monoisotopic (exact) mass is 326 g/mol. The minimum Gasteiger partial charge on any atom is -0.310 e. The van der Waals surface area contributed by atoms with E-state index in [0.717, 1.165) is 18.2 Å². The zero-order valence-corrected chi connectivity index (χ0v) is 12.6. The minimum atomic E-state index is -0.178. The molecule has 1 aliphatic heterocycles. The summed E-state index contributed by atoms with van der Waals surface area (Å²) >= 11 is 3.18. The average Bonchev–Trinajstić information content (AvgIpc) is 3.25. The first-order chi connectivity index (χ1) is 9.22. The molecule has 0 aromatic heterocycles. The van der Waals surface area contributed by atoms with Crippen LogP contribution in [0, 0.1) is 5.82 Å². The molecular weight excluding hydrogens is 307 g/mol. The van der Waals surface area contributed by atoms with Crippen LogP contribution in [-0.4, -0.2) is 30.1 Å². The van der Waals surface area contributed by atoms with Crippen molar-refractivity contribution in [1.29, 1.82) is 0 Å². The largest absolute Gasteiger partial charge is 0.310 e. The number of halogens is 2. The van der Waals surface area contributed by atoms with Crippen molar-refractivity contribution in [2.75, 3.05) is 13.1 Å².